The molecular formula is C16H15BrClN3. The van der Waals surface area contributed by atoms with Gasteiger partial charge in [-0.25, -0.2) is 9.97 Å². The van der Waals surface area contributed by atoms with Crippen molar-refractivity contribution in [1.82, 2.24) is 14.5 Å². The van der Waals surface area contributed by atoms with Crippen molar-refractivity contribution in [2.45, 2.75) is 26.7 Å². The van der Waals surface area contributed by atoms with E-state index in [0.717, 1.165) is 32.7 Å². The number of aryl methyl sites for hydroxylation is 3. The van der Waals surface area contributed by atoms with Crippen LogP contribution >= 0.6 is 27.5 Å². The number of aromatic nitrogens is 3. The molecule has 0 N–H and O–H groups in total. The van der Waals surface area contributed by atoms with E-state index >= 15 is 0 Å². The summed E-state index contributed by atoms with van der Waals surface area (Å²) >= 11 is 9.69. The van der Waals surface area contributed by atoms with Gasteiger partial charge >= 0.3 is 0 Å². The van der Waals surface area contributed by atoms with Crippen LogP contribution < -0.4 is 0 Å². The molecule has 108 valence electrons. The van der Waals surface area contributed by atoms with E-state index < -0.39 is 0 Å². The Bertz CT molecular complexity index is 816. The van der Waals surface area contributed by atoms with Gasteiger partial charge in [0.1, 0.15) is 11.3 Å². The molecule has 0 aliphatic heterocycles. The van der Waals surface area contributed by atoms with Crippen LogP contribution in [0.25, 0.3) is 16.9 Å². The zero-order valence-electron chi connectivity index (χ0n) is 12.1. The number of imidazole rings is 1. The minimum Gasteiger partial charge on any atom is -0.280 e. The first-order chi connectivity index (χ1) is 10.0. The highest BCUT2D eigenvalue weighted by atomic mass is 79.9. The van der Waals surface area contributed by atoms with Gasteiger partial charge < -0.3 is 0 Å². The summed E-state index contributed by atoms with van der Waals surface area (Å²) in [5, 5.41) is 0. The molecule has 0 atom stereocenters. The van der Waals surface area contributed by atoms with Gasteiger partial charge in [0.2, 0.25) is 0 Å². The monoisotopic (exact) mass is 363 g/mol. The highest BCUT2D eigenvalue weighted by Crippen LogP contribution is 2.28. The fourth-order valence-electron chi connectivity index (χ4n) is 2.53. The van der Waals surface area contributed by atoms with Gasteiger partial charge in [0, 0.05) is 16.4 Å². The van der Waals surface area contributed by atoms with Crippen LogP contribution in [0.15, 0.2) is 28.9 Å². The van der Waals surface area contributed by atoms with Crippen molar-refractivity contribution in [3.8, 4) is 5.69 Å². The summed E-state index contributed by atoms with van der Waals surface area (Å²) in [6, 6.07) is 6.28. The summed E-state index contributed by atoms with van der Waals surface area (Å²) in [6.07, 6.45) is 1.86. The van der Waals surface area contributed by atoms with Gasteiger partial charge in [0.05, 0.1) is 5.88 Å². The lowest BCUT2D eigenvalue weighted by Crippen LogP contribution is -2.02. The first-order valence-corrected chi connectivity index (χ1v) is 8.01. The van der Waals surface area contributed by atoms with Crippen LogP contribution in [0.3, 0.4) is 0 Å². The molecule has 0 fully saturated rings. The average molecular weight is 365 g/mol. The largest absolute Gasteiger partial charge is 0.280 e. The second-order valence-electron chi connectivity index (χ2n) is 5.25. The number of nitrogens with zero attached hydrogens (tertiary/aromatic N) is 3. The van der Waals surface area contributed by atoms with Crippen molar-refractivity contribution >= 4 is 38.7 Å². The molecule has 5 heteroatoms. The molecule has 0 saturated heterocycles. The Morgan fingerprint density at radius 1 is 1.14 bits per heavy atom. The molecule has 3 rings (SSSR count). The number of rotatable bonds is 2. The maximum Gasteiger partial charge on any atom is 0.164 e. The average Bonchev–Trinajstić information content (AvgIpc) is 2.81. The van der Waals surface area contributed by atoms with Crippen molar-refractivity contribution in [3.63, 3.8) is 0 Å². The number of pyridine rings is 1. The molecule has 0 unspecified atom stereocenters. The minimum atomic E-state index is 0.351. The summed E-state index contributed by atoms with van der Waals surface area (Å²) in [7, 11) is 0. The lowest BCUT2D eigenvalue weighted by atomic mass is 10.1. The third kappa shape index (κ3) is 2.47. The van der Waals surface area contributed by atoms with Gasteiger partial charge in [-0.3, -0.25) is 4.57 Å². The van der Waals surface area contributed by atoms with E-state index in [-0.39, 0.29) is 0 Å². The van der Waals surface area contributed by atoms with E-state index in [2.05, 4.69) is 51.9 Å². The van der Waals surface area contributed by atoms with Crippen LogP contribution in [-0.2, 0) is 5.88 Å². The SMILES string of the molecule is Cc1cnc2c(c1)nc(CCl)n2-c1cc(C)c(Br)c(C)c1. The van der Waals surface area contributed by atoms with E-state index in [4.69, 9.17) is 11.6 Å². The smallest absolute Gasteiger partial charge is 0.164 e. The molecule has 0 bridgehead atoms. The number of hydrogen-bond donors (Lipinski definition) is 0. The number of alkyl halides is 1. The van der Waals surface area contributed by atoms with Crippen molar-refractivity contribution in [1.29, 1.82) is 0 Å². The van der Waals surface area contributed by atoms with Crippen LogP contribution in [-0.4, -0.2) is 14.5 Å². The van der Waals surface area contributed by atoms with Crippen LogP contribution in [0, 0.1) is 20.8 Å². The predicted molar refractivity (Wildman–Crippen MR) is 90.3 cm³/mol. The lowest BCUT2D eigenvalue weighted by molar-refractivity contribution is 0.964. The lowest BCUT2D eigenvalue weighted by Gasteiger charge is -2.11. The molecule has 3 nitrogen and oxygen atoms in total. The quantitative estimate of drug-likeness (QED) is 0.609. The van der Waals surface area contributed by atoms with E-state index in [1.54, 1.807) is 0 Å². The Morgan fingerprint density at radius 3 is 2.43 bits per heavy atom. The standard InChI is InChI=1S/C16H15BrClN3/c1-9-4-13-16(19-8-9)21(14(7-18)20-13)12-5-10(2)15(17)11(3)6-12/h4-6,8H,7H2,1-3H3. The van der Waals surface area contributed by atoms with E-state index in [0.29, 0.717) is 5.88 Å². The van der Waals surface area contributed by atoms with Crippen LogP contribution in [0.4, 0.5) is 0 Å². The summed E-state index contributed by atoms with van der Waals surface area (Å²) in [5.74, 6) is 1.16. The zero-order valence-corrected chi connectivity index (χ0v) is 14.5. The predicted octanol–water partition coefficient (Wildman–Crippen LogP) is 4.85. The normalized spacial score (nSPS) is 11.3. The van der Waals surface area contributed by atoms with Gasteiger partial charge in [0.15, 0.2) is 5.65 Å². The number of hydrogen-bond acceptors (Lipinski definition) is 2. The fraction of sp³-hybridized carbons (Fsp3) is 0.250. The Labute approximate surface area is 137 Å². The molecular weight excluding hydrogens is 350 g/mol. The molecule has 2 aromatic heterocycles. The van der Waals surface area contributed by atoms with Crippen molar-refractivity contribution in [2.24, 2.45) is 0 Å². The maximum atomic E-state index is 6.08. The molecule has 21 heavy (non-hydrogen) atoms. The van der Waals surface area contributed by atoms with E-state index in [1.165, 1.54) is 11.1 Å². The van der Waals surface area contributed by atoms with E-state index in [9.17, 15) is 0 Å². The zero-order chi connectivity index (χ0) is 15.1. The second-order valence-corrected chi connectivity index (χ2v) is 6.31. The van der Waals surface area contributed by atoms with Crippen LogP contribution in [0.1, 0.15) is 22.5 Å². The first kappa shape index (κ1) is 14.5. The van der Waals surface area contributed by atoms with Crippen LogP contribution in [0.5, 0.6) is 0 Å². The molecule has 3 aromatic rings. The summed E-state index contributed by atoms with van der Waals surface area (Å²) in [4.78, 5) is 9.14. The number of fused-ring (bicyclic) bond motifs is 1. The van der Waals surface area contributed by atoms with Gasteiger partial charge in [-0.15, -0.1) is 11.6 Å². The third-order valence-corrected chi connectivity index (χ3v) is 4.99. The first-order valence-electron chi connectivity index (χ1n) is 6.68. The third-order valence-electron chi connectivity index (χ3n) is 3.50. The Kier molecular flexibility index (Phi) is 3.76. The van der Waals surface area contributed by atoms with Gasteiger partial charge in [-0.2, -0.15) is 0 Å². The summed E-state index contributed by atoms with van der Waals surface area (Å²) < 4.78 is 3.17. The Balaban J connectivity index is 2.33. The Hall–Kier alpha value is -1.39. The minimum absolute atomic E-state index is 0.351. The maximum absolute atomic E-state index is 6.08. The highest BCUT2D eigenvalue weighted by molar-refractivity contribution is 9.10. The van der Waals surface area contributed by atoms with Crippen molar-refractivity contribution in [2.75, 3.05) is 0 Å². The van der Waals surface area contributed by atoms with Gasteiger partial charge in [0.25, 0.3) is 0 Å². The molecule has 0 amide bonds. The van der Waals surface area contributed by atoms with Crippen molar-refractivity contribution < 1.29 is 0 Å². The van der Waals surface area contributed by atoms with Gasteiger partial charge in [-0.05, 0) is 55.7 Å². The number of benzene rings is 1. The van der Waals surface area contributed by atoms with Crippen molar-refractivity contribution in [3.05, 3.63) is 51.4 Å². The highest BCUT2D eigenvalue weighted by Gasteiger charge is 2.14. The molecule has 0 radical (unpaired) electrons. The molecule has 0 spiro atoms. The molecule has 2 heterocycles. The number of halogens is 2. The van der Waals surface area contributed by atoms with Gasteiger partial charge in [-0.1, -0.05) is 15.9 Å². The topological polar surface area (TPSA) is 30.7 Å². The molecule has 0 saturated carbocycles. The fourth-order valence-corrected chi connectivity index (χ4v) is 2.93. The summed E-state index contributed by atoms with van der Waals surface area (Å²) in [6.45, 7) is 6.18. The Morgan fingerprint density at radius 2 is 1.81 bits per heavy atom. The van der Waals surface area contributed by atoms with Crippen LogP contribution in [0.2, 0.25) is 0 Å². The molecule has 0 aliphatic rings. The molecule has 0 aliphatic carbocycles. The molecule has 1 aromatic carbocycles. The van der Waals surface area contributed by atoms with E-state index in [1.807, 2.05) is 23.8 Å². The second kappa shape index (κ2) is 5.43. The summed E-state index contributed by atoms with van der Waals surface area (Å²) in [5.41, 5.74) is 6.22.